The highest BCUT2D eigenvalue weighted by molar-refractivity contribution is 6.20. The summed E-state index contributed by atoms with van der Waals surface area (Å²) in [6.07, 6.45) is 0. The van der Waals surface area contributed by atoms with Crippen LogP contribution in [0.4, 0.5) is 0 Å². The van der Waals surface area contributed by atoms with Gasteiger partial charge in [0.05, 0.1) is 11.4 Å². The summed E-state index contributed by atoms with van der Waals surface area (Å²) in [6, 6.07) is 74.9. The van der Waals surface area contributed by atoms with Crippen LogP contribution < -0.4 is 0 Å². The lowest BCUT2D eigenvalue weighted by Gasteiger charge is -2.24. The van der Waals surface area contributed by atoms with Crippen LogP contribution in [0.1, 0.15) is 25.0 Å². The highest BCUT2D eigenvalue weighted by Gasteiger charge is 2.37. The highest BCUT2D eigenvalue weighted by atomic mass is 14.9. The predicted octanol–water partition coefficient (Wildman–Crippen LogP) is 15.7. The van der Waals surface area contributed by atoms with Gasteiger partial charge in [-0.05, 0) is 99.7 Å². The number of benzene rings is 10. The molecule has 286 valence electrons. The fraction of sp³-hybridized carbons (Fsp3) is 0.0508. The molecule has 11 aromatic rings. The molecule has 0 spiro atoms. The van der Waals surface area contributed by atoms with Gasteiger partial charge in [-0.25, -0.2) is 9.97 Å². The van der Waals surface area contributed by atoms with Crippen molar-refractivity contribution in [1.29, 1.82) is 0 Å². The van der Waals surface area contributed by atoms with Crippen LogP contribution >= 0.6 is 0 Å². The van der Waals surface area contributed by atoms with Crippen molar-refractivity contribution in [2.75, 3.05) is 0 Å². The maximum Gasteiger partial charge on any atom is 0.160 e. The van der Waals surface area contributed by atoms with E-state index in [-0.39, 0.29) is 5.41 Å². The van der Waals surface area contributed by atoms with E-state index < -0.39 is 0 Å². The summed E-state index contributed by atoms with van der Waals surface area (Å²) in [6.45, 7) is 4.68. The fourth-order valence-electron chi connectivity index (χ4n) is 10.2. The average Bonchev–Trinajstić information content (AvgIpc) is 3.56. The standard InChI is InChI=1S/C59H40N2/c1-59(2)53-26-13-12-23-47(53)50-24-14-25-51(57(50)59)55-36-54(60-58(61-55)40-16-4-3-5-17-40)48-34-33-43(45-21-10-11-22-46(45)48)38-27-29-39(30-28-38)56-44-20-9-7-18-41(44)35-52-42-19-8-6-15-37(42)31-32-49(52)56/h3-36H,1-2H3. The number of hydrogen-bond donors (Lipinski definition) is 0. The summed E-state index contributed by atoms with van der Waals surface area (Å²) in [7, 11) is 0. The molecular weight excluding hydrogens is 737 g/mol. The number of fused-ring (bicyclic) bond motifs is 8. The fourth-order valence-corrected chi connectivity index (χ4v) is 10.2. The largest absolute Gasteiger partial charge is 0.228 e. The van der Waals surface area contributed by atoms with E-state index >= 15 is 0 Å². The van der Waals surface area contributed by atoms with Crippen LogP contribution in [0, 0.1) is 0 Å². The van der Waals surface area contributed by atoms with Crippen LogP contribution in [-0.4, -0.2) is 9.97 Å². The van der Waals surface area contributed by atoms with Gasteiger partial charge in [-0.3, -0.25) is 0 Å². The molecule has 1 aromatic heterocycles. The molecule has 2 nitrogen and oxygen atoms in total. The van der Waals surface area contributed by atoms with E-state index in [9.17, 15) is 0 Å². The lowest BCUT2D eigenvalue weighted by atomic mass is 9.79. The van der Waals surface area contributed by atoms with E-state index in [0.29, 0.717) is 0 Å². The number of hydrogen-bond acceptors (Lipinski definition) is 2. The maximum absolute atomic E-state index is 5.33. The monoisotopic (exact) mass is 776 g/mol. The van der Waals surface area contributed by atoms with Gasteiger partial charge in [0.2, 0.25) is 0 Å². The van der Waals surface area contributed by atoms with Gasteiger partial charge >= 0.3 is 0 Å². The minimum Gasteiger partial charge on any atom is -0.228 e. The van der Waals surface area contributed by atoms with Gasteiger partial charge in [-0.2, -0.15) is 0 Å². The molecule has 61 heavy (non-hydrogen) atoms. The predicted molar refractivity (Wildman–Crippen MR) is 257 cm³/mol. The lowest BCUT2D eigenvalue weighted by molar-refractivity contribution is 0.662. The molecule has 0 unspecified atom stereocenters. The number of nitrogens with zero attached hydrogens (tertiary/aromatic N) is 2. The third kappa shape index (κ3) is 5.56. The molecule has 0 radical (unpaired) electrons. The zero-order chi connectivity index (χ0) is 40.7. The topological polar surface area (TPSA) is 25.8 Å². The van der Waals surface area contributed by atoms with Gasteiger partial charge in [0, 0.05) is 22.1 Å². The highest BCUT2D eigenvalue weighted by Crippen LogP contribution is 2.52. The molecule has 0 N–H and O–H groups in total. The third-order valence-electron chi connectivity index (χ3n) is 13.1. The Kier molecular flexibility index (Phi) is 7.92. The van der Waals surface area contributed by atoms with Crippen molar-refractivity contribution in [1.82, 2.24) is 9.97 Å². The molecule has 0 aliphatic heterocycles. The molecule has 0 atom stereocenters. The number of aromatic nitrogens is 2. The second-order valence-corrected chi connectivity index (χ2v) is 16.9. The molecule has 0 saturated heterocycles. The van der Waals surface area contributed by atoms with Crippen molar-refractivity contribution >= 4 is 43.1 Å². The molecule has 2 heteroatoms. The van der Waals surface area contributed by atoms with Crippen LogP contribution in [0.15, 0.2) is 206 Å². The first-order valence-corrected chi connectivity index (χ1v) is 21.2. The summed E-state index contributed by atoms with van der Waals surface area (Å²) in [4.78, 5) is 10.6. The third-order valence-corrected chi connectivity index (χ3v) is 13.1. The quantitative estimate of drug-likeness (QED) is 0.128. The smallest absolute Gasteiger partial charge is 0.160 e. The van der Waals surface area contributed by atoms with E-state index in [1.165, 1.54) is 82.2 Å². The van der Waals surface area contributed by atoms with E-state index in [1.807, 2.05) is 6.07 Å². The molecule has 1 aliphatic rings. The lowest BCUT2D eigenvalue weighted by Crippen LogP contribution is -2.16. The Morgan fingerprint density at radius 1 is 0.328 bits per heavy atom. The average molecular weight is 777 g/mol. The van der Waals surface area contributed by atoms with E-state index in [2.05, 4.69) is 214 Å². The molecule has 12 rings (SSSR count). The summed E-state index contributed by atoms with van der Waals surface area (Å²) in [5.74, 6) is 0.719. The van der Waals surface area contributed by atoms with Crippen molar-refractivity contribution in [2.24, 2.45) is 0 Å². The van der Waals surface area contributed by atoms with Crippen LogP contribution in [0.25, 0.3) is 110 Å². The van der Waals surface area contributed by atoms with Crippen LogP contribution in [0.3, 0.4) is 0 Å². The minimum absolute atomic E-state index is 0.181. The van der Waals surface area contributed by atoms with Gasteiger partial charge < -0.3 is 0 Å². The van der Waals surface area contributed by atoms with Crippen molar-refractivity contribution in [3.63, 3.8) is 0 Å². The van der Waals surface area contributed by atoms with Gasteiger partial charge in [0.1, 0.15) is 0 Å². The molecule has 1 aliphatic carbocycles. The van der Waals surface area contributed by atoms with Gasteiger partial charge in [-0.1, -0.05) is 208 Å². The zero-order valence-corrected chi connectivity index (χ0v) is 34.0. The van der Waals surface area contributed by atoms with E-state index in [1.54, 1.807) is 0 Å². The van der Waals surface area contributed by atoms with Gasteiger partial charge in [0.25, 0.3) is 0 Å². The van der Waals surface area contributed by atoms with Crippen LogP contribution in [0.5, 0.6) is 0 Å². The second-order valence-electron chi connectivity index (χ2n) is 16.9. The van der Waals surface area contributed by atoms with E-state index in [4.69, 9.17) is 9.97 Å². The first-order chi connectivity index (χ1) is 30.0. The first kappa shape index (κ1) is 35.3. The molecule has 0 amide bonds. The Morgan fingerprint density at radius 3 is 1.72 bits per heavy atom. The molecule has 0 bridgehead atoms. The van der Waals surface area contributed by atoms with Gasteiger partial charge in [0.15, 0.2) is 5.82 Å². The summed E-state index contributed by atoms with van der Waals surface area (Å²) in [5.41, 5.74) is 15.0. The Hall–Kier alpha value is -7.68. The molecule has 1 heterocycles. The molecule has 0 saturated carbocycles. The minimum atomic E-state index is -0.181. The molecular formula is C59H40N2. The number of rotatable bonds is 5. The molecule has 0 fully saturated rings. The van der Waals surface area contributed by atoms with Crippen molar-refractivity contribution in [3.05, 3.63) is 217 Å². The van der Waals surface area contributed by atoms with E-state index in [0.717, 1.165) is 39.3 Å². The Bertz CT molecular complexity index is 3540. The Balaban J connectivity index is 1.00. The van der Waals surface area contributed by atoms with Crippen molar-refractivity contribution < 1.29 is 0 Å². The normalized spacial score (nSPS) is 12.9. The van der Waals surface area contributed by atoms with Crippen LogP contribution in [0.2, 0.25) is 0 Å². The first-order valence-electron chi connectivity index (χ1n) is 21.2. The summed E-state index contributed by atoms with van der Waals surface area (Å²) >= 11 is 0. The molecule has 10 aromatic carbocycles. The Morgan fingerprint density at radius 2 is 0.918 bits per heavy atom. The maximum atomic E-state index is 5.33. The SMILES string of the molecule is CC1(C)c2ccccc2-c2cccc(-c3cc(-c4ccc(-c5ccc(-c6c7ccccc7cc7c6ccc6ccccc67)cc5)c5ccccc45)nc(-c4ccccc4)n3)c21. The Labute approximate surface area is 355 Å². The summed E-state index contributed by atoms with van der Waals surface area (Å²) < 4.78 is 0. The van der Waals surface area contributed by atoms with Gasteiger partial charge in [-0.15, -0.1) is 0 Å². The second kappa shape index (κ2) is 13.7. The summed E-state index contributed by atoms with van der Waals surface area (Å²) in [5, 5.41) is 9.96. The van der Waals surface area contributed by atoms with Crippen LogP contribution in [-0.2, 0) is 5.41 Å². The van der Waals surface area contributed by atoms with Crippen molar-refractivity contribution in [3.8, 4) is 67.3 Å². The zero-order valence-electron chi connectivity index (χ0n) is 34.0. The van der Waals surface area contributed by atoms with Crippen molar-refractivity contribution in [2.45, 2.75) is 19.3 Å².